The molecule has 76 valence electrons. The van der Waals surface area contributed by atoms with Crippen molar-refractivity contribution < 1.29 is 0 Å². The summed E-state index contributed by atoms with van der Waals surface area (Å²) in [5.74, 6) is 6.26. The highest BCUT2D eigenvalue weighted by atomic mass is 15.4. The Hall–Kier alpha value is -0.770. The quantitative estimate of drug-likeness (QED) is 0.273. The molecule has 0 bridgehead atoms. The molecule has 0 atom stereocenters. The van der Waals surface area contributed by atoms with Crippen LogP contribution in [0.2, 0.25) is 0 Å². The van der Waals surface area contributed by atoms with E-state index in [4.69, 9.17) is 5.84 Å². The van der Waals surface area contributed by atoms with E-state index in [0.29, 0.717) is 0 Å². The Labute approximate surface area is 80.2 Å². The van der Waals surface area contributed by atoms with Crippen LogP contribution in [-0.4, -0.2) is 29.5 Å². The van der Waals surface area contributed by atoms with Gasteiger partial charge >= 0.3 is 0 Å². The zero-order valence-electron chi connectivity index (χ0n) is 8.80. The van der Waals surface area contributed by atoms with Crippen molar-refractivity contribution in [3.63, 3.8) is 0 Å². The van der Waals surface area contributed by atoms with E-state index in [1.54, 1.807) is 0 Å². The predicted molar refractivity (Wildman–Crippen MR) is 55.3 cm³/mol. The van der Waals surface area contributed by atoms with Gasteiger partial charge in [0.05, 0.1) is 0 Å². The molecule has 0 radical (unpaired) electrons. The van der Waals surface area contributed by atoms with Crippen molar-refractivity contribution in [3.8, 4) is 0 Å². The lowest BCUT2D eigenvalue weighted by Crippen LogP contribution is -2.51. The van der Waals surface area contributed by atoms with Crippen LogP contribution < -0.4 is 11.3 Å². The number of guanidine groups is 1. The second-order valence-electron chi connectivity index (χ2n) is 4.01. The van der Waals surface area contributed by atoms with E-state index in [1.165, 1.54) is 12.8 Å². The molecule has 4 heteroatoms. The molecule has 1 aliphatic rings. The van der Waals surface area contributed by atoms with Crippen LogP contribution >= 0.6 is 0 Å². The molecule has 0 spiro atoms. The standard InChI is InChI=1S/C9H20N4/c1-4-11-8(12-10)13-7-5-6-9(13,2)3/h4-7,10H2,1-3H3,(H,11,12). The first-order valence-electron chi connectivity index (χ1n) is 4.90. The van der Waals surface area contributed by atoms with E-state index in [0.717, 1.165) is 19.0 Å². The third-order valence-corrected chi connectivity index (χ3v) is 2.59. The molecule has 4 nitrogen and oxygen atoms in total. The third-order valence-electron chi connectivity index (χ3n) is 2.59. The first kappa shape index (κ1) is 10.3. The average Bonchev–Trinajstić information content (AvgIpc) is 2.41. The number of rotatable bonds is 1. The predicted octanol–water partition coefficient (Wildman–Crippen LogP) is 0.700. The van der Waals surface area contributed by atoms with Crippen molar-refractivity contribution in [1.82, 2.24) is 10.3 Å². The molecule has 1 aliphatic heterocycles. The smallest absolute Gasteiger partial charge is 0.208 e. The molecule has 3 N–H and O–H groups in total. The Morgan fingerprint density at radius 1 is 1.62 bits per heavy atom. The largest absolute Gasteiger partial charge is 0.337 e. The summed E-state index contributed by atoms with van der Waals surface area (Å²) in [6.07, 6.45) is 2.43. The summed E-state index contributed by atoms with van der Waals surface area (Å²) in [5.41, 5.74) is 2.87. The number of nitrogens with one attached hydrogen (secondary N) is 1. The molecule has 1 rings (SSSR count). The highest BCUT2D eigenvalue weighted by molar-refractivity contribution is 5.80. The molecule has 1 fully saturated rings. The minimum Gasteiger partial charge on any atom is -0.337 e. The SMILES string of the molecule is CCN=C(NN)N1CCCC1(C)C. The van der Waals surface area contributed by atoms with E-state index in [-0.39, 0.29) is 5.54 Å². The Morgan fingerprint density at radius 3 is 2.69 bits per heavy atom. The number of hydrogen-bond acceptors (Lipinski definition) is 2. The number of nitrogens with zero attached hydrogens (tertiary/aromatic N) is 2. The zero-order valence-corrected chi connectivity index (χ0v) is 8.80. The van der Waals surface area contributed by atoms with Gasteiger partial charge in [0.15, 0.2) is 0 Å². The number of aliphatic imine (C=N–C) groups is 1. The van der Waals surface area contributed by atoms with Gasteiger partial charge in [0.2, 0.25) is 5.96 Å². The van der Waals surface area contributed by atoms with Crippen LogP contribution in [0.15, 0.2) is 4.99 Å². The molecule has 1 heterocycles. The monoisotopic (exact) mass is 184 g/mol. The number of hydrazine groups is 1. The second-order valence-corrected chi connectivity index (χ2v) is 4.01. The summed E-state index contributed by atoms with van der Waals surface area (Å²) < 4.78 is 0. The third kappa shape index (κ3) is 2.12. The van der Waals surface area contributed by atoms with Gasteiger partial charge in [-0.2, -0.15) is 0 Å². The number of nitrogens with two attached hydrogens (primary N) is 1. The first-order chi connectivity index (χ1) is 6.11. The molecule has 1 saturated heterocycles. The molecule has 13 heavy (non-hydrogen) atoms. The minimum atomic E-state index is 0.195. The fourth-order valence-electron chi connectivity index (χ4n) is 1.86. The van der Waals surface area contributed by atoms with E-state index < -0.39 is 0 Å². The Bertz CT molecular complexity index is 198. The van der Waals surface area contributed by atoms with E-state index in [2.05, 4.69) is 29.2 Å². The highest BCUT2D eigenvalue weighted by Crippen LogP contribution is 2.27. The van der Waals surface area contributed by atoms with E-state index in [9.17, 15) is 0 Å². The Kier molecular flexibility index (Phi) is 3.14. The lowest BCUT2D eigenvalue weighted by atomic mass is 10.0. The molecular weight excluding hydrogens is 164 g/mol. The summed E-state index contributed by atoms with van der Waals surface area (Å²) in [7, 11) is 0. The van der Waals surface area contributed by atoms with Gasteiger partial charge in [-0.05, 0) is 33.6 Å². The molecule has 0 unspecified atom stereocenters. The maximum atomic E-state index is 5.44. The van der Waals surface area contributed by atoms with Gasteiger partial charge in [0.1, 0.15) is 0 Å². The lowest BCUT2D eigenvalue weighted by molar-refractivity contribution is 0.272. The molecule has 0 aromatic rings. The fraction of sp³-hybridized carbons (Fsp3) is 0.889. The highest BCUT2D eigenvalue weighted by Gasteiger charge is 2.33. The summed E-state index contributed by atoms with van der Waals surface area (Å²) >= 11 is 0. The van der Waals surface area contributed by atoms with Gasteiger partial charge in [-0.25, -0.2) is 5.84 Å². The van der Waals surface area contributed by atoms with E-state index >= 15 is 0 Å². The summed E-state index contributed by atoms with van der Waals surface area (Å²) in [6, 6.07) is 0. The van der Waals surface area contributed by atoms with Crippen LogP contribution in [0.5, 0.6) is 0 Å². The Morgan fingerprint density at radius 2 is 2.31 bits per heavy atom. The first-order valence-corrected chi connectivity index (χ1v) is 4.90. The fourth-order valence-corrected chi connectivity index (χ4v) is 1.86. The van der Waals surface area contributed by atoms with Gasteiger partial charge in [-0.15, -0.1) is 0 Å². The van der Waals surface area contributed by atoms with Crippen molar-refractivity contribution in [3.05, 3.63) is 0 Å². The van der Waals surface area contributed by atoms with Gasteiger partial charge in [0, 0.05) is 18.6 Å². The van der Waals surface area contributed by atoms with E-state index in [1.807, 2.05) is 6.92 Å². The minimum absolute atomic E-state index is 0.195. The lowest BCUT2D eigenvalue weighted by Gasteiger charge is -2.33. The molecule has 0 aromatic carbocycles. The number of likely N-dealkylation sites (tertiary alicyclic amines) is 1. The molecular formula is C9H20N4. The molecule has 0 aliphatic carbocycles. The van der Waals surface area contributed by atoms with Gasteiger partial charge < -0.3 is 4.90 Å². The summed E-state index contributed by atoms with van der Waals surface area (Å²) in [4.78, 5) is 6.57. The topological polar surface area (TPSA) is 53.6 Å². The Balaban J connectivity index is 2.74. The normalized spacial score (nSPS) is 22.2. The average molecular weight is 184 g/mol. The maximum absolute atomic E-state index is 5.44. The summed E-state index contributed by atoms with van der Waals surface area (Å²) in [6.45, 7) is 8.29. The van der Waals surface area contributed by atoms with Crippen LogP contribution in [0.25, 0.3) is 0 Å². The van der Waals surface area contributed by atoms with Crippen molar-refractivity contribution in [2.24, 2.45) is 10.8 Å². The van der Waals surface area contributed by atoms with Crippen LogP contribution in [0.1, 0.15) is 33.6 Å². The molecule has 0 amide bonds. The van der Waals surface area contributed by atoms with Crippen LogP contribution in [0, 0.1) is 0 Å². The summed E-state index contributed by atoms with van der Waals surface area (Å²) in [5, 5.41) is 0. The van der Waals surface area contributed by atoms with Crippen molar-refractivity contribution in [2.75, 3.05) is 13.1 Å². The van der Waals surface area contributed by atoms with Gasteiger partial charge in [0.25, 0.3) is 0 Å². The van der Waals surface area contributed by atoms with Crippen LogP contribution in [-0.2, 0) is 0 Å². The molecule has 0 saturated carbocycles. The van der Waals surface area contributed by atoms with Gasteiger partial charge in [-0.1, -0.05) is 0 Å². The van der Waals surface area contributed by atoms with Crippen molar-refractivity contribution >= 4 is 5.96 Å². The van der Waals surface area contributed by atoms with Crippen LogP contribution in [0.4, 0.5) is 0 Å². The zero-order chi connectivity index (χ0) is 9.90. The second kappa shape index (κ2) is 3.96. The molecule has 0 aromatic heterocycles. The van der Waals surface area contributed by atoms with Crippen molar-refractivity contribution in [1.29, 1.82) is 0 Å². The number of hydrogen-bond donors (Lipinski definition) is 2. The van der Waals surface area contributed by atoms with Gasteiger partial charge in [-0.3, -0.25) is 10.4 Å². The van der Waals surface area contributed by atoms with Crippen molar-refractivity contribution in [2.45, 2.75) is 39.2 Å². The maximum Gasteiger partial charge on any atom is 0.208 e. The van der Waals surface area contributed by atoms with Crippen LogP contribution in [0.3, 0.4) is 0 Å².